The molecule has 0 N–H and O–H groups in total. The molecule has 3 aromatic rings. The highest BCUT2D eigenvalue weighted by Gasteiger charge is 2.17. The molecule has 2 aromatic carbocycles. The van der Waals surface area contributed by atoms with E-state index in [0.717, 1.165) is 41.3 Å². The number of hydrogen-bond acceptors (Lipinski definition) is 3. The second kappa shape index (κ2) is 10.00. The van der Waals surface area contributed by atoms with E-state index in [4.69, 9.17) is 14.5 Å². The summed E-state index contributed by atoms with van der Waals surface area (Å²) in [5.41, 5.74) is 9.31. The molecule has 0 spiro atoms. The maximum absolute atomic E-state index is 6.25. The molecule has 0 saturated heterocycles. The Morgan fingerprint density at radius 2 is 1.55 bits per heavy atom. The topological polar surface area (TPSA) is 31.4 Å². The van der Waals surface area contributed by atoms with Crippen LogP contribution < -0.4 is 9.47 Å². The van der Waals surface area contributed by atoms with Gasteiger partial charge in [0, 0.05) is 17.3 Å². The third-order valence-corrected chi connectivity index (χ3v) is 5.77. The van der Waals surface area contributed by atoms with Crippen molar-refractivity contribution < 1.29 is 9.47 Å². The summed E-state index contributed by atoms with van der Waals surface area (Å²) in [6.07, 6.45) is 2.02. The van der Waals surface area contributed by atoms with Crippen molar-refractivity contribution in [3.63, 3.8) is 0 Å². The van der Waals surface area contributed by atoms with Crippen LogP contribution in [0.5, 0.6) is 11.5 Å². The minimum atomic E-state index is 0.0714. The van der Waals surface area contributed by atoms with Crippen molar-refractivity contribution in [2.75, 3.05) is 0 Å². The van der Waals surface area contributed by atoms with Crippen LogP contribution in [0.15, 0.2) is 42.5 Å². The number of aryl methyl sites for hydroxylation is 5. The summed E-state index contributed by atoms with van der Waals surface area (Å²) in [4.78, 5) is 5.01. The minimum Gasteiger partial charge on any atom is -0.490 e. The molecule has 0 saturated carbocycles. The first-order valence-electron chi connectivity index (χ1n) is 11.3. The zero-order chi connectivity index (χ0) is 22.5. The van der Waals surface area contributed by atoms with Crippen molar-refractivity contribution in [1.82, 2.24) is 4.98 Å². The first-order chi connectivity index (χ1) is 14.8. The number of pyridine rings is 1. The monoisotopic (exact) mass is 417 g/mol. The largest absolute Gasteiger partial charge is 0.490 e. The third kappa shape index (κ3) is 5.28. The zero-order valence-electron chi connectivity index (χ0n) is 20.0. The molecular formula is C28H35NO2. The SMILES string of the molecule is CCc1cccc(CC)c1-c1cc(OC(C)C)c(COc2ccc(C)c(C)c2)c(C)n1. The van der Waals surface area contributed by atoms with Gasteiger partial charge >= 0.3 is 0 Å². The van der Waals surface area contributed by atoms with Crippen LogP contribution in [-0.4, -0.2) is 11.1 Å². The average molecular weight is 418 g/mol. The van der Waals surface area contributed by atoms with E-state index in [2.05, 4.69) is 84.9 Å². The summed E-state index contributed by atoms with van der Waals surface area (Å²) < 4.78 is 12.4. The molecule has 0 amide bonds. The highest BCUT2D eigenvalue weighted by molar-refractivity contribution is 5.70. The van der Waals surface area contributed by atoms with E-state index in [-0.39, 0.29) is 6.10 Å². The Bertz CT molecular complexity index is 1030. The van der Waals surface area contributed by atoms with E-state index in [9.17, 15) is 0 Å². The Morgan fingerprint density at radius 1 is 0.871 bits per heavy atom. The molecule has 3 nitrogen and oxygen atoms in total. The van der Waals surface area contributed by atoms with Crippen LogP contribution in [0, 0.1) is 20.8 Å². The standard InChI is InChI=1S/C28H35NO2/c1-8-22-11-10-12-23(9-2)28(22)26-16-27(31-18(3)4)25(21(7)29-26)17-30-24-14-13-19(5)20(6)15-24/h10-16,18H,8-9,17H2,1-7H3. The second-order valence-electron chi connectivity index (χ2n) is 8.43. The van der Waals surface area contributed by atoms with Gasteiger partial charge in [0.05, 0.1) is 17.4 Å². The van der Waals surface area contributed by atoms with Crippen LogP contribution in [0.25, 0.3) is 11.3 Å². The lowest BCUT2D eigenvalue weighted by Crippen LogP contribution is -2.11. The lowest BCUT2D eigenvalue weighted by atomic mass is 9.94. The molecule has 0 aliphatic carbocycles. The molecule has 0 unspecified atom stereocenters. The minimum absolute atomic E-state index is 0.0714. The van der Waals surface area contributed by atoms with Crippen molar-refractivity contribution in [3.05, 3.63) is 76.0 Å². The van der Waals surface area contributed by atoms with E-state index in [1.54, 1.807) is 0 Å². The fourth-order valence-electron chi connectivity index (χ4n) is 3.86. The number of aromatic nitrogens is 1. The van der Waals surface area contributed by atoms with Crippen molar-refractivity contribution in [1.29, 1.82) is 0 Å². The van der Waals surface area contributed by atoms with E-state index < -0.39 is 0 Å². The van der Waals surface area contributed by atoms with Crippen LogP contribution in [0.1, 0.15) is 61.2 Å². The van der Waals surface area contributed by atoms with Crippen LogP contribution >= 0.6 is 0 Å². The van der Waals surface area contributed by atoms with Crippen molar-refractivity contribution >= 4 is 0 Å². The van der Waals surface area contributed by atoms with Gasteiger partial charge in [-0.3, -0.25) is 4.98 Å². The highest BCUT2D eigenvalue weighted by Crippen LogP contribution is 2.34. The Balaban J connectivity index is 2.03. The fourth-order valence-corrected chi connectivity index (χ4v) is 3.86. The number of hydrogen-bond donors (Lipinski definition) is 0. The number of rotatable bonds is 8. The molecule has 3 rings (SSSR count). The molecule has 164 valence electrons. The van der Waals surface area contributed by atoms with Gasteiger partial charge in [-0.1, -0.05) is 38.1 Å². The molecule has 1 heterocycles. The predicted octanol–water partition coefficient (Wildman–Crippen LogP) is 7.16. The average Bonchev–Trinajstić information content (AvgIpc) is 2.74. The van der Waals surface area contributed by atoms with Crippen LogP contribution in [0.3, 0.4) is 0 Å². The maximum Gasteiger partial charge on any atom is 0.130 e. The van der Waals surface area contributed by atoms with Crippen LogP contribution in [0.2, 0.25) is 0 Å². The van der Waals surface area contributed by atoms with Crippen molar-refractivity contribution in [3.8, 4) is 22.8 Å². The van der Waals surface area contributed by atoms with Gasteiger partial charge in [-0.05, 0) is 81.8 Å². The zero-order valence-corrected chi connectivity index (χ0v) is 20.0. The molecular weight excluding hydrogens is 382 g/mol. The molecule has 31 heavy (non-hydrogen) atoms. The van der Waals surface area contributed by atoms with Gasteiger partial charge in [-0.25, -0.2) is 0 Å². The third-order valence-electron chi connectivity index (χ3n) is 5.77. The van der Waals surface area contributed by atoms with Gasteiger partial charge in [-0.2, -0.15) is 0 Å². The molecule has 3 heteroatoms. The van der Waals surface area contributed by atoms with E-state index in [1.165, 1.54) is 27.8 Å². The quantitative estimate of drug-likeness (QED) is 0.389. The number of benzene rings is 2. The first-order valence-corrected chi connectivity index (χ1v) is 11.3. The summed E-state index contributed by atoms with van der Waals surface area (Å²) in [6, 6.07) is 14.8. The number of nitrogens with zero attached hydrogens (tertiary/aromatic N) is 1. The van der Waals surface area contributed by atoms with Gasteiger partial charge in [0.2, 0.25) is 0 Å². The van der Waals surface area contributed by atoms with Crippen molar-refractivity contribution in [2.45, 2.75) is 74.0 Å². The maximum atomic E-state index is 6.25. The highest BCUT2D eigenvalue weighted by atomic mass is 16.5. The Morgan fingerprint density at radius 3 is 2.13 bits per heavy atom. The fraction of sp³-hybridized carbons (Fsp3) is 0.393. The molecule has 0 aliphatic heterocycles. The van der Waals surface area contributed by atoms with E-state index in [1.807, 2.05) is 6.07 Å². The van der Waals surface area contributed by atoms with Gasteiger partial charge < -0.3 is 9.47 Å². The Labute approximate surface area is 187 Å². The molecule has 0 radical (unpaired) electrons. The number of ether oxygens (including phenoxy) is 2. The summed E-state index contributed by atoms with van der Waals surface area (Å²) in [5, 5.41) is 0. The Kier molecular flexibility index (Phi) is 7.37. The summed E-state index contributed by atoms with van der Waals surface area (Å²) in [5.74, 6) is 1.72. The normalized spacial score (nSPS) is 11.1. The smallest absolute Gasteiger partial charge is 0.130 e. The van der Waals surface area contributed by atoms with Gasteiger partial charge in [0.15, 0.2) is 0 Å². The summed E-state index contributed by atoms with van der Waals surface area (Å²) >= 11 is 0. The van der Waals surface area contributed by atoms with Crippen LogP contribution in [0.4, 0.5) is 0 Å². The Hall–Kier alpha value is -2.81. The molecule has 0 bridgehead atoms. The van der Waals surface area contributed by atoms with E-state index >= 15 is 0 Å². The van der Waals surface area contributed by atoms with Gasteiger partial charge in [0.25, 0.3) is 0 Å². The first kappa shape index (κ1) is 22.9. The van der Waals surface area contributed by atoms with Crippen LogP contribution in [-0.2, 0) is 19.4 Å². The van der Waals surface area contributed by atoms with Gasteiger partial charge in [-0.15, -0.1) is 0 Å². The van der Waals surface area contributed by atoms with Gasteiger partial charge in [0.1, 0.15) is 18.1 Å². The van der Waals surface area contributed by atoms with Crippen molar-refractivity contribution in [2.24, 2.45) is 0 Å². The lowest BCUT2D eigenvalue weighted by molar-refractivity contribution is 0.229. The molecule has 0 atom stereocenters. The molecule has 1 aromatic heterocycles. The molecule has 0 aliphatic rings. The predicted molar refractivity (Wildman–Crippen MR) is 129 cm³/mol. The summed E-state index contributed by atoms with van der Waals surface area (Å²) in [6.45, 7) is 15.2. The molecule has 0 fully saturated rings. The van der Waals surface area contributed by atoms with E-state index in [0.29, 0.717) is 6.61 Å². The lowest BCUT2D eigenvalue weighted by Gasteiger charge is -2.20. The second-order valence-corrected chi connectivity index (χ2v) is 8.43. The summed E-state index contributed by atoms with van der Waals surface area (Å²) in [7, 11) is 0.